The molecule has 19 heavy (non-hydrogen) atoms. The van der Waals surface area contributed by atoms with Gasteiger partial charge in [0.25, 0.3) is 0 Å². The van der Waals surface area contributed by atoms with Crippen molar-refractivity contribution in [3.8, 4) is 5.75 Å². The summed E-state index contributed by atoms with van der Waals surface area (Å²) < 4.78 is 19.4. The molecule has 0 heterocycles. The van der Waals surface area contributed by atoms with Crippen LogP contribution in [0.3, 0.4) is 0 Å². The van der Waals surface area contributed by atoms with Crippen LogP contribution in [-0.4, -0.2) is 19.7 Å². The third-order valence-electron chi connectivity index (χ3n) is 3.28. The fourth-order valence-corrected chi connectivity index (χ4v) is 1.93. The van der Waals surface area contributed by atoms with Gasteiger partial charge in [-0.25, -0.2) is 4.39 Å². The van der Waals surface area contributed by atoms with Crippen molar-refractivity contribution in [2.45, 2.75) is 52.0 Å². The van der Waals surface area contributed by atoms with Crippen molar-refractivity contribution in [3.63, 3.8) is 0 Å². The van der Waals surface area contributed by atoms with Crippen LogP contribution >= 0.6 is 0 Å². The predicted octanol–water partition coefficient (Wildman–Crippen LogP) is 3.89. The second-order valence-electron chi connectivity index (χ2n) is 5.98. The molecule has 0 aliphatic carbocycles. The molecule has 1 N–H and O–H groups in total. The molecule has 3 heteroatoms. The number of hydrogen-bond donors (Lipinski definition) is 1. The summed E-state index contributed by atoms with van der Waals surface area (Å²) in [5, 5.41) is 3.19. The van der Waals surface area contributed by atoms with E-state index in [0.717, 1.165) is 18.4 Å². The van der Waals surface area contributed by atoms with Gasteiger partial charge in [-0.1, -0.05) is 40.2 Å². The maximum atomic E-state index is 13.8. The van der Waals surface area contributed by atoms with Gasteiger partial charge in [-0.05, 0) is 36.6 Å². The molecular weight excluding hydrogens is 241 g/mol. The van der Waals surface area contributed by atoms with Gasteiger partial charge < -0.3 is 10.1 Å². The van der Waals surface area contributed by atoms with Crippen molar-refractivity contribution in [3.05, 3.63) is 29.6 Å². The van der Waals surface area contributed by atoms with E-state index in [1.54, 1.807) is 0 Å². The number of rotatable bonds is 6. The first-order valence-electron chi connectivity index (χ1n) is 6.98. The Hall–Kier alpha value is -1.09. The average molecular weight is 267 g/mol. The molecular formula is C16H26FNO. The summed E-state index contributed by atoms with van der Waals surface area (Å²) in [6, 6.07) is 5.39. The summed E-state index contributed by atoms with van der Waals surface area (Å²) in [6.45, 7) is 8.95. The molecule has 1 atom stereocenters. The Labute approximate surface area is 116 Å². The van der Waals surface area contributed by atoms with Gasteiger partial charge >= 0.3 is 0 Å². The standard InChI is InChI=1S/C16H26FNO/c1-6-7-13(18-5)11-19-15-10-12(16(2,3)4)8-9-14(15)17/h8-10,13,18H,6-7,11H2,1-5H3/t13-/m1/s1. The number of nitrogens with one attached hydrogen (secondary N) is 1. The predicted molar refractivity (Wildman–Crippen MR) is 78.4 cm³/mol. The largest absolute Gasteiger partial charge is 0.489 e. The molecule has 1 aromatic carbocycles. The van der Waals surface area contributed by atoms with E-state index in [0.29, 0.717) is 12.4 Å². The van der Waals surface area contributed by atoms with E-state index in [9.17, 15) is 4.39 Å². The van der Waals surface area contributed by atoms with E-state index in [2.05, 4.69) is 33.0 Å². The van der Waals surface area contributed by atoms with Gasteiger partial charge in [0.1, 0.15) is 6.61 Å². The van der Waals surface area contributed by atoms with Crippen LogP contribution in [0.4, 0.5) is 4.39 Å². The molecule has 0 aliphatic heterocycles. The van der Waals surface area contributed by atoms with Gasteiger partial charge in [0.15, 0.2) is 11.6 Å². The number of halogens is 1. The molecule has 0 saturated heterocycles. The first kappa shape index (κ1) is 16.0. The van der Waals surface area contributed by atoms with Crippen molar-refractivity contribution >= 4 is 0 Å². The first-order chi connectivity index (χ1) is 8.88. The van der Waals surface area contributed by atoms with Crippen molar-refractivity contribution in [1.82, 2.24) is 5.32 Å². The molecule has 0 aliphatic rings. The molecule has 0 fully saturated rings. The smallest absolute Gasteiger partial charge is 0.165 e. The lowest BCUT2D eigenvalue weighted by atomic mass is 9.87. The van der Waals surface area contributed by atoms with E-state index in [1.165, 1.54) is 6.07 Å². The Balaban J connectivity index is 2.77. The molecule has 0 radical (unpaired) electrons. The fourth-order valence-electron chi connectivity index (χ4n) is 1.93. The van der Waals surface area contributed by atoms with Crippen LogP contribution in [0.5, 0.6) is 5.75 Å². The highest BCUT2D eigenvalue weighted by Crippen LogP contribution is 2.27. The maximum absolute atomic E-state index is 13.8. The fraction of sp³-hybridized carbons (Fsp3) is 0.625. The number of hydrogen-bond acceptors (Lipinski definition) is 2. The van der Waals surface area contributed by atoms with Crippen molar-refractivity contribution in [2.24, 2.45) is 0 Å². The van der Waals surface area contributed by atoms with E-state index in [1.807, 2.05) is 19.2 Å². The topological polar surface area (TPSA) is 21.3 Å². The van der Waals surface area contributed by atoms with Gasteiger partial charge in [0, 0.05) is 6.04 Å². The molecule has 108 valence electrons. The molecule has 0 unspecified atom stereocenters. The maximum Gasteiger partial charge on any atom is 0.165 e. The lowest BCUT2D eigenvalue weighted by molar-refractivity contribution is 0.252. The van der Waals surface area contributed by atoms with Crippen LogP contribution in [0, 0.1) is 5.82 Å². The minimum atomic E-state index is -0.292. The molecule has 0 bridgehead atoms. The summed E-state index contributed by atoms with van der Waals surface area (Å²) in [5.74, 6) is 0.0585. The Morgan fingerprint density at radius 1 is 1.32 bits per heavy atom. The van der Waals surface area contributed by atoms with Crippen LogP contribution in [0.1, 0.15) is 46.1 Å². The summed E-state index contributed by atoms with van der Waals surface area (Å²) in [4.78, 5) is 0. The van der Waals surface area contributed by atoms with E-state index in [4.69, 9.17) is 4.74 Å². The van der Waals surface area contributed by atoms with Crippen molar-refractivity contribution in [2.75, 3.05) is 13.7 Å². The van der Waals surface area contributed by atoms with Crippen LogP contribution in [0.2, 0.25) is 0 Å². The number of ether oxygens (including phenoxy) is 1. The molecule has 1 aromatic rings. The zero-order valence-electron chi connectivity index (χ0n) is 12.7. The molecule has 0 aromatic heterocycles. The average Bonchev–Trinajstić information content (AvgIpc) is 2.34. The first-order valence-corrected chi connectivity index (χ1v) is 6.98. The molecule has 2 nitrogen and oxygen atoms in total. The zero-order valence-corrected chi connectivity index (χ0v) is 12.7. The third kappa shape index (κ3) is 4.83. The number of benzene rings is 1. The van der Waals surface area contributed by atoms with Crippen molar-refractivity contribution in [1.29, 1.82) is 0 Å². The van der Waals surface area contributed by atoms with Gasteiger partial charge in [0.2, 0.25) is 0 Å². The van der Waals surface area contributed by atoms with Crippen LogP contribution < -0.4 is 10.1 Å². The Morgan fingerprint density at radius 3 is 2.53 bits per heavy atom. The normalized spacial score (nSPS) is 13.4. The molecule has 0 amide bonds. The summed E-state index contributed by atoms with van der Waals surface area (Å²) in [5.41, 5.74) is 1.08. The Kier molecular flexibility index (Phi) is 5.80. The summed E-state index contributed by atoms with van der Waals surface area (Å²) in [6.07, 6.45) is 2.11. The Bertz CT molecular complexity index is 398. The zero-order chi connectivity index (χ0) is 14.5. The van der Waals surface area contributed by atoms with Crippen LogP contribution in [0.15, 0.2) is 18.2 Å². The van der Waals surface area contributed by atoms with Gasteiger partial charge in [0.05, 0.1) is 0 Å². The SMILES string of the molecule is CCC[C@H](COc1cc(C(C)(C)C)ccc1F)NC. The molecule has 0 spiro atoms. The lowest BCUT2D eigenvalue weighted by Gasteiger charge is -2.21. The van der Waals surface area contributed by atoms with E-state index < -0.39 is 0 Å². The van der Waals surface area contributed by atoms with Crippen molar-refractivity contribution < 1.29 is 9.13 Å². The number of likely N-dealkylation sites (N-methyl/N-ethyl adjacent to an activating group) is 1. The van der Waals surface area contributed by atoms with Crippen LogP contribution in [0.25, 0.3) is 0 Å². The summed E-state index contributed by atoms with van der Waals surface area (Å²) >= 11 is 0. The van der Waals surface area contributed by atoms with E-state index >= 15 is 0 Å². The third-order valence-corrected chi connectivity index (χ3v) is 3.28. The highest BCUT2D eigenvalue weighted by Gasteiger charge is 2.17. The molecule has 1 rings (SSSR count). The summed E-state index contributed by atoms with van der Waals surface area (Å²) in [7, 11) is 1.91. The quantitative estimate of drug-likeness (QED) is 0.844. The van der Waals surface area contributed by atoms with Gasteiger partial charge in [-0.2, -0.15) is 0 Å². The van der Waals surface area contributed by atoms with Gasteiger partial charge in [-0.3, -0.25) is 0 Å². The van der Waals surface area contributed by atoms with E-state index in [-0.39, 0.29) is 17.3 Å². The highest BCUT2D eigenvalue weighted by molar-refractivity contribution is 5.34. The Morgan fingerprint density at radius 2 is 2.00 bits per heavy atom. The lowest BCUT2D eigenvalue weighted by Crippen LogP contribution is -2.31. The minimum Gasteiger partial charge on any atom is -0.489 e. The van der Waals surface area contributed by atoms with Crippen LogP contribution in [-0.2, 0) is 5.41 Å². The van der Waals surface area contributed by atoms with Gasteiger partial charge in [-0.15, -0.1) is 0 Å². The monoisotopic (exact) mass is 267 g/mol. The minimum absolute atomic E-state index is 0.00234. The highest BCUT2D eigenvalue weighted by atomic mass is 19.1. The second-order valence-corrected chi connectivity index (χ2v) is 5.98. The molecule has 0 saturated carbocycles. The second kappa shape index (κ2) is 6.90.